The zero-order chi connectivity index (χ0) is 22.9. The number of halogens is 1. The third-order valence-electron chi connectivity index (χ3n) is 4.58. The van der Waals surface area contributed by atoms with Gasteiger partial charge in [0.25, 0.3) is 5.91 Å². The second-order valence-electron chi connectivity index (χ2n) is 7.96. The van der Waals surface area contributed by atoms with Gasteiger partial charge in [-0.25, -0.2) is 0 Å². The molecule has 0 unspecified atom stereocenters. The summed E-state index contributed by atoms with van der Waals surface area (Å²) in [4.78, 5) is 17.3. The predicted molar refractivity (Wildman–Crippen MR) is 117 cm³/mol. The van der Waals surface area contributed by atoms with Crippen molar-refractivity contribution in [2.75, 3.05) is 12.4 Å². The van der Waals surface area contributed by atoms with Gasteiger partial charge in [-0.3, -0.25) is 4.79 Å². The standard InChI is InChI=1S/C21H20ClN7O3/c1-21(2,3)20-25-18(26-32-20)12-5-7-13(8-6-12)24-19(30)14-9-15(22)16(10-17(14)31-4)29-11-23-27-28-29/h5-11H,1-4H3,(H,24,30). The largest absolute Gasteiger partial charge is 0.496 e. The van der Waals surface area contributed by atoms with Crippen molar-refractivity contribution < 1.29 is 14.1 Å². The molecule has 2 aromatic carbocycles. The van der Waals surface area contributed by atoms with Crippen molar-refractivity contribution in [3.8, 4) is 22.8 Å². The van der Waals surface area contributed by atoms with Gasteiger partial charge in [-0.15, -0.1) is 5.10 Å². The molecule has 0 aliphatic heterocycles. The van der Waals surface area contributed by atoms with Crippen LogP contribution in [0, 0.1) is 0 Å². The normalized spacial score (nSPS) is 11.4. The molecule has 0 fully saturated rings. The summed E-state index contributed by atoms with van der Waals surface area (Å²) in [6, 6.07) is 10.2. The second-order valence-corrected chi connectivity index (χ2v) is 8.37. The molecular formula is C21H20ClN7O3. The van der Waals surface area contributed by atoms with Crippen molar-refractivity contribution in [1.82, 2.24) is 30.3 Å². The number of hydrogen-bond acceptors (Lipinski definition) is 8. The maximum atomic E-state index is 12.9. The minimum absolute atomic E-state index is 0.237. The van der Waals surface area contributed by atoms with Crippen LogP contribution in [0.4, 0.5) is 5.69 Å². The highest BCUT2D eigenvalue weighted by atomic mass is 35.5. The molecule has 10 nitrogen and oxygen atoms in total. The number of nitrogens with zero attached hydrogens (tertiary/aromatic N) is 6. The van der Waals surface area contributed by atoms with Crippen LogP contribution >= 0.6 is 11.6 Å². The lowest BCUT2D eigenvalue weighted by molar-refractivity contribution is 0.102. The third-order valence-corrected chi connectivity index (χ3v) is 4.88. The molecule has 4 aromatic rings. The van der Waals surface area contributed by atoms with Crippen LogP contribution in [0.5, 0.6) is 5.75 Å². The van der Waals surface area contributed by atoms with Crippen LogP contribution < -0.4 is 10.1 Å². The summed E-state index contributed by atoms with van der Waals surface area (Å²) in [5.41, 5.74) is 1.88. The first-order valence-electron chi connectivity index (χ1n) is 9.63. The molecule has 164 valence electrons. The number of carbonyl (C=O) groups excluding carboxylic acids is 1. The SMILES string of the molecule is COc1cc(-n2cnnn2)c(Cl)cc1C(=O)Nc1ccc(-c2noc(C(C)(C)C)n2)cc1. The lowest BCUT2D eigenvalue weighted by atomic mass is 9.97. The Balaban J connectivity index is 1.54. The Morgan fingerprint density at radius 3 is 2.53 bits per heavy atom. The minimum Gasteiger partial charge on any atom is -0.496 e. The third kappa shape index (κ3) is 4.30. The first kappa shape index (κ1) is 21.4. The summed E-state index contributed by atoms with van der Waals surface area (Å²) < 4.78 is 12.1. The van der Waals surface area contributed by atoms with Crippen LogP contribution in [-0.2, 0) is 5.41 Å². The van der Waals surface area contributed by atoms with E-state index < -0.39 is 0 Å². The van der Waals surface area contributed by atoms with Gasteiger partial charge < -0.3 is 14.6 Å². The highest BCUT2D eigenvalue weighted by Gasteiger charge is 2.22. The lowest BCUT2D eigenvalue weighted by Crippen LogP contribution is -2.14. The van der Waals surface area contributed by atoms with Crippen LogP contribution in [0.3, 0.4) is 0 Å². The highest BCUT2D eigenvalue weighted by molar-refractivity contribution is 6.33. The highest BCUT2D eigenvalue weighted by Crippen LogP contribution is 2.30. The van der Waals surface area contributed by atoms with Crippen molar-refractivity contribution in [2.24, 2.45) is 0 Å². The molecule has 0 atom stereocenters. The smallest absolute Gasteiger partial charge is 0.259 e. The molecule has 4 rings (SSSR count). The van der Waals surface area contributed by atoms with Gasteiger partial charge in [-0.05, 0) is 40.8 Å². The van der Waals surface area contributed by atoms with Gasteiger partial charge in [0.15, 0.2) is 0 Å². The molecule has 1 amide bonds. The van der Waals surface area contributed by atoms with Crippen molar-refractivity contribution in [3.63, 3.8) is 0 Å². The molecule has 11 heteroatoms. The Bertz CT molecular complexity index is 1250. The van der Waals surface area contributed by atoms with Crippen LogP contribution in [0.25, 0.3) is 17.1 Å². The number of rotatable bonds is 5. The second kappa shape index (κ2) is 8.39. The number of ether oxygens (including phenoxy) is 1. The first-order chi connectivity index (χ1) is 15.3. The Morgan fingerprint density at radius 2 is 1.94 bits per heavy atom. The van der Waals surface area contributed by atoms with Crippen LogP contribution in [0.15, 0.2) is 47.2 Å². The predicted octanol–water partition coefficient (Wildman–Crippen LogP) is 3.92. The molecule has 0 radical (unpaired) electrons. The number of hydrogen-bond donors (Lipinski definition) is 1. The van der Waals surface area contributed by atoms with E-state index in [1.54, 1.807) is 30.3 Å². The number of anilines is 1. The number of methoxy groups -OCH3 is 1. The van der Waals surface area contributed by atoms with Crippen molar-refractivity contribution in [3.05, 3.63) is 59.2 Å². The summed E-state index contributed by atoms with van der Waals surface area (Å²) >= 11 is 6.34. The van der Waals surface area contributed by atoms with E-state index in [9.17, 15) is 4.79 Å². The van der Waals surface area contributed by atoms with E-state index in [0.29, 0.717) is 33.9 Å². The quantitative estimate of drug-likeness (QED) is 0.482. The topological polar surface area (TPSA) is 121 Å². The molecule has 2 aromatic heterocycles. The summed E-state index contributed by atoms with van der Waals surface area (Å²) in [5.74, 6) is 0.989. The Morgan fingerprint density at radius 1 is 1.19 bits per heavy atom. The number of aromatic nitrogens is 6. The van der Waals surface area contributed by atoms with E-state index in [0.717, 1.165) is 5.56 Å². The van der Waals surface area contributed by atoms with Crippen molar-refractivity contribution >= 4 is 23.2 Å². The van der Waals surface area contributed by atoms with E-state index in [-0.39, 0.29) is 16.9 Å². The summed E-state index contributed by atoms with van der Waals surface area (Å²) in [6.45, 7) is 6.00. The van der Waals surface area contributed by atoms with Gasteiger partial charge in [0, 0.05) is 22.7 Å². The number of carbonyl (C=O) groups is 1. The molecule has 0 aliphatic carbocycles. The molecular weight excluding hydrogens is 434 g/mol. The molecule has 0 bridgehead atoms. The zero-order valence-electron chi connectivity index (χ0n) is 17.8. The zero-order valence-corrected chi connectivity index (χ0v) is 18.6. The Hall–Kier alpha value is -3.79. The van der Waals surface area contributed by atoms with E-state index in [1.807, 2.05) is 20.8 Å². The average molecular weight is 454 g/mol. The minimum atomic E-state index is -0.380. The van der Waals surface area contributed by atoms with Crippen LogP contribution in [-0.4, -0.2) is 43.4 Å². The lowest BCUT2D eigenvalue weighted by Gasteiger charge is -2.12. The van der Waals surface area contributed by atoms with Gasteiger partial charge in [-0.2, -0.15) is 9.67 Å². The molecule has 1 N–H and O–H groups in total. The summed E-state index contributed by atoms with van der Waals surface area (Å²) in [5, 5.41) is 18.2. The fourth-order valence-electron chi connectivity index (χ4n) is 2.88. The van der Waals surface area contributed by atoms with Crippen LogP contribution in [0.1, 0.15) is 37.0 Å². The molecule has 32 heavy (non-hydrogen) atoms. The van der Waals surface area contributed by atoms with Gasteiger partial charge in [0.1, 0.15) is 12.1 Å². The van der Waals surface area contributed by atoms with Gasteiger partial charge in [-0.1, -0.05) is 37.5 Å². The van der Waals surface area contributed by atoms with E-state index in [1.165, 1.54) is 24.2 Å². The maximum absolute atomic E-state index is 12.9. The fourth-order valence-corrected chi connectivity index (χ4v) is 3.13. The number of tetrazole rings is 1. The van der Waals surface area contributed by atoms with Crippen molar-refractivity contribution in [2.45, 2.75) is 26.2 Å². The number of nitrogens with one attached hydrogen (secondary N) is 1. The van der Waals surface area contributed by atoms with E-state index in [2.05, 4.69) is 31.0 Å². The first-order valence-corrected chi connectivity index (χ1v) is 10.0. The van der Waals surface area contributed by atoms with E-state index >= 15 is 0 Å². The average Bonchev–Trinajstić information content (AvgIpc) is 3.46. The van der Waals surface area contributed by atoms with Gasteiger partial charge >= 0.3 is 0 Å². The molecule has 2 heterocycles. The van der Waals surface area contributed by atoms with Crippen LogP contribution in [0.2, 0.25) is 5.02 Å². The van der Waals surface area contributed by atoms with Crippen molar-refractivity contribution in [1.29, 1.82) is 0 Å². The van der Waals surface area contributed by atoms with E-state index in [4.69, 9.17) is 20.9 Å². The monoisotopic (exact) mass is 453 g/mol. The Kier molecular flexibility index (Phi) is 5.62. The maximum Gasteiger partial charge on any atom is 0.259 e. The van der Waals surface area contributed by atoms with Gasteiger partial charge in [0.05, 0.1) is 23.4 Å². The summed E-state index contributed by atoms with van der Waals surface area (Å²) in [7, 11) is 1.47. The molecule has 0 saturated carbocycles. The Labute approximate surface area is 188 Å². The summed E-state index contributed by atoms with van der Waals surface area (Å²) in [6.07, 6.45) is 1.40. The molecule has 0 spiro atoms. The molecule has 0 aliphatic rings. The number of amides is 1. The molecule has 0 saturated heterocycles. The number of benzene rings is 2. The van der Waals surface area contributed by atoms with Gasteiger partial charge in [0.2, 0.25) is 11.7 Å². The fraction of sp³-hybridized carbons (Fsp3) is 0.238.